The van der Waals surface area contributed by atoms with E-state index in [-0.39, 0.29) is 0 Å². The molecule has 0 aliphatic heterocycles. The average molecular weight is 177 g/mol. The highest BCUT2D eigenvalue weighted by molar-refractivity contribution is 5.35. The summed E-state index contributed by atoms with van der Waals surface area (Å²) in [6.45, 7) is 4.01. The molecule has 13 heavy (non-hydrogen) atoms. The van der Waals surface area contributed by atoms with Crippen LogP contribution in [0, 0.1) is 13.8 Å². The van der Waals surface area contributed by atoms with Crippen LogP contribution < -0.4 is 0 Å². The first-order valence-corrected chi connectivity index (χ1v) is 4.05. The summed E-state index contributed by atoms with van der Waals surface area (Å²) in [5.74, 6) is 0.968. The van der Waals surface area contributed by atoms with Crippen LogP contribution in [0.2, 0.25) is 0 Å². The average Bonchev–Trinajstić information content (AvgIpc) is 2.63. The van der Waals surface area contributed by atoms with Crippen molar-refractivity contribution in [3.8, 4) is 5.82 Å². The van der Waals surface area contributed by atoms with Gasteiger partial charge >= 0.3 is 0 Å². The predicted octanol–water partition coefficient (Wildman–Crippen LogP) is 0.618. The molecule has 5 nitrogen and oxygen atoms in total. The highest BCUT2D eigenvalue weighted by atomic mass is 15.4. The van der Waals surface area contributed by atoms with Crippen molar-refractivity contribution < 1.29 is 0 Å². The van der Waals surface area contributed by atoms with Gasteiger partial charge in [0.1, 0.15) is 12.7 Å². The fourth-order valence-corrected chi connectivity index (χ4v) is 1.39. The molecule has 0 bridgehead atoms. The maximum Gasteiger partial charge on any atom is 0.156 e. The van der Waals surface area contributed by atoms with Gasteiger partial charge in [-0.05, 0) is 13.8 Å². The molecule has 0 saturated carbocycles. The number of aromatic nitrogens is 5. The number of hydrogen-bond acceptors (Lipinski definition) is 3. The Labute approximate surface area is 76.0 Å². The van der Waals surface area contributed by atoms with Gasteiger partial charge in [0, 0.05) is 12.6 Å². The first kappa shape index (κ1) is 7.97. The molecule has 2 aromatic rings. The summed E-state index contributed by atoms with van der Waals surface area (Å²) in [5, 5.41) is 8.36. The lowest BCUT2D eigenvalue weighted by atomic mass is 10.3. The first-order valence-electron chi connectivity index (χ1n) is 4.05. The van der Waals surface area contributed by atoms with Gasteiger partial charge in [-0.25, -0.2) is 9.67 Å². The molecule has 0 amide bonds. The molecule has 5 heteroatoms. The molecule has 0 aliphatic rings. The minimum absolute atomic E-state index is 0.968. The Balaban J connectivity index is 2.64. The molecule has 0 atom stereocenters. The molecular weight excluding hydrogens is 166 g/mol. The second-order valence-corrected chi connectivity index (χ2v) is 3.00. The fraction of sp³-hybridized carbons (Fsp3) is 0.375. The number of rotatable bonds is 1. The van der Waals surface area contributed by atoms with Crippen LogP contribution >= 0.6 is 0 Å². The highest BCUT2D eigenvalue weighted by Gasteiger charge is 2.10. The van der Waals surface area contributed by atoms with Crippen molar-refractivity contribution in [2.45, 2.75) is 13.8 Å². The van der Waals surface area contributed by atoms with Crippen molar-refractivity contribution in [2.24, 2.45) is 7.05 Å². The summed E-state index contributed by atoms with van der Waals surface area (Å²) in [6.07, 6.45) is 3.19. The van der Waals surface area contributed by atoms with Crippen LogP contribution in [0.4, 0.5) is 0 Å². The lowest BCUT2D eigenvalue weighted by Gasteiger charge is -2.01. The Morgan fingerprint density at radius 2 is 2.08 bits per heavy atom. The molecule has 0 aliphatic carbocycles. The summed E-state index contributed by atoms with van der Waals surface area (Å²) in [7, 11) is 1.90. The van der Waals surface area contributed by atoms with Crippen molar-refractivity contribution in [3.05, 3.63) is 23.9 Å². The van der Waals surface area contributed by atoms with E-state index in [4.69, 9.17) is 0 Å². The summed E-state index contributed by atoms with van der Waals surface area (Å²) >= 11 is 0. The molecule has 2 rings (SSSR count). The molecule has 0 saturated heterocycles. The molecule has 0 fully saturated rings. The molecule has 2 aromatic heterocycles. The van der Waals surface area contributed by atoms with Gasteiger partial charge in [0.15, 0.2) is 5.82 Å². The minimum Gasteiger partial charge on any atom is -0.250 e. The van der Waals surface area contributed by atoms with Crippen molar-refractivity contribution in [1.29, 1.82) is 0 Å². The van der Waals surface area contributed by atoms with Crippen molar-refractivity contribution in [1.82, 2.24) is 24.5 Å². The molecule has 0 aromatic carbocycles. The standard InChI is InChI=1S/C8H11N5/c1-6-7(2)11-12(3)8(6)13-5-9-4-10-13/h4-5H,1-3H3. The Kier molecular flexibility index (Phi) is 1.65. The van der Waals surface area contributed by atoms with Crippen molar-refractivity contribution >= 4 is 0 Å². The van der Waals surface area contributed by atoms with Gasteiger partial charge in [0.05, 0.1) is 5.69 Å². The van der Waals surface area contributed by atoms with E-state index in [0.29, 0.717) is 0 Å². The van der Waals surface area contributed by atoms with Gasteiger partial charge in [0.25, 0.3) is 0 Å². The van der Waals surface area contributed by atoms with Crippen LogP contribution in [0.5, 0.6) is 0 Å². The van der Waals surface area contributed by atoms with E-state index in [2.05, 4.69) is 15.2 Å². The topological polar surface area (TPSA) is 48.5 Å². The quantitative estimate of drug-likeness (QED) is 0.641. The second-order valence-electron chi connectivity index (χ2n) is 3.00. The lowest BCUT2D eigenvalue weighted by molar-refractivity contribution is 0.692. The van der Waals surface area contributed by atoms with E-state index in [1.54, 1.807) is 15.7 Å². The molecule has 0 spiro atoms. The van der Waals surface area contributed by atoms with Crippen molar-refractivity contribution in [3.63, 3.8) is 0 Å². The molecule has 68 valence electrons. The highest BCUT2D eigenvalue weighted by Crippen LogP contribution is 2.14. The summed E-state index contributed by atoms with van der Waals surface area (Å²) in [6, 6.07) is 0. The first-order chi connectivity index (χ1) is 6.20. The number of hydrogen-bond donors (Lipinski definition) is 0. The number of nitrogens with zero attached hydrogens (tertiary/aromatic N) is 5. The van der Waals surface area contributed by atoms with Crippen LogP contribution in [0.25, 0.3) is 5.82 Å². The van der Waals surface area contributed by atoms with E-state index < -0.39 is 0 Å². The van der Waals surface area contributed by atoms with Gasteiger partial charge in [-0.1, -0.05) is 0 Å². The molecule has 2 heterocycles. The lowest BCUT2D eigenvalue weighted by Crippen LogP contribution is -2.04. The molecule has 0 radical (unpaired) electrons. The molecule has 0 N–H and O–H groups in total. The number of aryl methyl sites for hydroxylation is 2. The summed E-state index contributed by atoms with van der Waals surface area (Å²) < 4.78 is 3.52. The maximum atomic E-state index is 4.29. The van der Waals surface area contributed by atoms with Crippen LogP contribution in [-0.4, -0.2) is 24.5 Å². The smallest absolute Gasteiger partial charge is 0.156 e. The minimum atomic E-state index is 0.968. The van der Waals surface area contributed by atoms with Gasteiger partial charge in [-0.15, -0.1) is 0 Å². The van der Waals surface area contributed by atoms with Gasteiger partial charge in [-0.3, -0.25) is 4.68 Å². The SMILES string of the molecule is Cc1nn(C)c(-n2cncn2)c1C. The summed E-state index contributed by atoms with van der Waals surface area (Å²) in [5.41, 5.74) is 2.15. The second kappa shape index (κ2) is 2.69. The normalized spacial score (nSPS) is 10.7. The Morgan fingerprint density at radius 3 is 2.54 bits per heavy atom. The van der Waals surface area contributed by atoms with E-state index in [9.17, 15) is 0 Å². The van der Waals surface area contributed by atoms with Gasteiger partial charge in [-0.2, -0.15) is 10.2 Å². The zero-order valence-corrected chi connectivity index (χ0v) is 7.89. The summed E-state index contributed by atoms with van der Waals surface area (Å²) in [4.78, 5) is 3.90. The maximum absolute atomic E-state index is 4.29. The van der Waals surface area contributed by atoms with Crippen LogP contribution in [0.1, 0.15) is 11.3 Å². The van der Waals surface area contributed by atoms with E-state index in [1.807, 2.05) is 20.9 Å². The Bertz CT molecular complexity index is 412. The van der Waals surface area contributed by atoms with Crippen molar-refractivity contribution in [2.75, 3.05) is 0 Å². The Hall–Kier alpha value is -1.65. The van der Waals surface area contributed by atoms with Crippen LogP contribution in [0.15, 0.2) is 12.7 Å². The third-order valence-corrected chi connectivity index (χ3v) is 2.12. The third kappa shape index (κ3) is 1.12. The predicted molar refractivity (Wildman–Crippen MR) is 47.6 cm³/mol. The van der Waals surface area contributed by atoms with E-state index in [1.165, 1.54) is 6.33 Å². The fourth-order valence-electron chi connectivity index (χ4n) is 1.39. The largest absolute Gasteiger partial charge is 0.250 e. The van der Waals surface area contributed by atoms with E-state index >= 15 is 0 Å². The third-order valence-electron chi connectivity index (χ3n) is 2.12. The molecule has 0 unspecified atom stereocenters. The van der Waals surface area contributed by atoms with Gasteiger partial charge in [0.2, 0.25) is 0 Å². The van der Waals surface area contributed by atoms with Crippen LogP contribution in [0.3, 0.4) is 0 Å². The molecular formula is C8H11N5. The van der Waals surface area contributed by atoms with E-state index in [0.717, 1.165) is 17.1 Å². The monoisotopic (exact) mass is 177 g/mol. The van der Waals surface area contributed by atoms with Gasteiger partial charge < -0.3 is 0 Å². The van der Waals surface area contributed by atoms with Crippen LogP contribution in [-0.2, 0) is 7.05 Å². The zero-order chi connectivity index (χ0) is 9.42. The zero-order valence-electron chi connectivity index (χ0n) is 7.89. The Morgan fingerprint density at radius 1 is 1.31 bits per heavy atom.